The summed E-state index contributed by atoms with van der Waals surface area (Å²) in [5.74, 6) is -0.228. The van der Waals surface area contributed by atoms with E-state index >= 15 is 0 Å². The van der Waals surface area contributed by atoms with Crippen LogP contribution in [-0.4, -0.2) is 31.0 Å². The summed E-state index contributed by atoms with van der Waals surface area (Å²) in [5.41, 5.74) is 1.63. The van der Waals surface area contributed by atoms with Crippen LogP contribution in [0, 0.1) is 0 Å². The molecule has 1 heterocycles. The van der Waals surface area contributed by atoms with Crippen LogP contribution in [0.4, 0.5) is 16.2 Å². The number of carbonyl (C=O) groups is 3. The first kappa shape index (κ1) is 16.5. The van der Waals surface area contributed by atoms with Crippen LogP contribution in [0.5, 0.6) is 5.75 Å². The molecule has 0 spiro atoms. The third-order valence-corrected chi connectivity index (χ3v) is 3.92. The van der Waals surface area contributed by atoms with Gasteiger partial charge < -0.3 is 15.4 Å². The van der Waals surface area contributed by atoms with E-state index < -0.39 is 12.1 Å². The zero-order chi connectivity index (χ0) is 18.0. The van der Waals surface area contributed by atoms with Gasteiger partial charge in [0.05, 0.1) is 11.4 Å². The fourth-order valence-electron chi connectivity index (χ4n) is 2.60. The van der Waals surface area contributed by atoms with Crippen molar-refractivity contribution >= 4 is 29.3 Å². The van der Waals surface area contributed by atoms with Gasteiger partial charge >= 0.3 is 6.09 Å². The number of para-hydroxylation sites is 2. The summed E-state index contributed by atoms with van der Waals surface area (Å²) < 4.78 is 5.00. The maximum atomic E-state index is 12.9. The second kappa shape index (κ2) is 6.64. The number of carbonyl (C=O) groups excluding carboxylic acids is 3. The molecule has 3 amide bonds. The molecule has 2 aromatic carbocycles. The number of nitrogens with zero attached hydrogens (tertiary/aromatic N) is 1. The van der Waals surface area contributed by atoms with E-state index in [0.29, 0.717) is 22.7 Å². The highest BCUT2D eigenvalue weighted by Gasteiger charge is 2.34. The molecule has 0 aromatic heterocycles. The fourth-order valence-corrected chi connectivity index (χ4v) is 2.60. The van der Waals surface area contributed by atoms with Crippen molar-refractivity contribution in [3.05, 3.63) is 54.1 Å². The van der Waals surface area contributed by atoms with Gasteiger partial charge in [-0.1, -0.05) is 12.1 Å². The number of amides is 3. The summed E-state index contributed by atoms with van der Waals surface area (Å²) in [5, 5.41) is 5.13. The Balaban J connectivity index is 1.89. The summed E-state index contributed by atoms with van der Waals surface area (Å²) in [4.78, 5) is 37.7. The standard InChI is InChI=1S/C18H17N3O4/c1-11-16(22)20-14-5-3-4-6-15(14)21(11)17(23)12-7-9-13(10-8-12)25-18(24)19-2/h3-11H,1-2H3,(H,19,24)(H,20,22)/t11-/m0/s1. The second-order valence-corrected chi connectivity index (χ2v) is 5.52. The summed E-state index contributed by atoms with van der Waals surface area (Å²) in [6.07, 6.45) is -0.589. The van der Waals surface area contributed by atoms with E-state index in [1.807, 2.05) is 6.07 Å². The van der Waals surface area contributed by atoms with E-state index in [2.05, 4.69) is 10.6 Å². The van der Waals surface area contributed by atoms with E-state index in [9.17, 15) is 14.4 Å². The average molecular weight is 339 g/mol. The van der Waals surface area contributed by atoms with E-state index in [4.69, 9.17) is 4.74 Å². The molecular formula is C18H17N3O4. The van der Waals surface area contributed by atoms with Gasteiger partial charge in [0, 0.05) is 12.6 Å². The maximum Gasteiger partial charge on any atom is 0.412 e. The van der Waals surface area contributed by atoms with E-state index in [-0.39, 0.29) is 11.8 Å². The Bertz CT molecular complexity index is 832. The number of benzene rings is 2. The van der Waals surface area contributed by atoms with Crippen molar-refractivity contribution < 1.29 is 19.1 Å². The number of rotatable bonds is 2. The zero-order valence-electron chi connectivity index (χ0n) is 13.8. The van der Waals surface area contributed by atoms with Crippen molar-refractivity contribution in [3.63, 3.8) is 0 Å². The molecule has 0 radical (unpaired) electrons. The van der Waals surface area contributed by atoms with Gasteiger partial charge in [-0.05, 0) is 43.3 Å². The molecule has 7 heteroatoms. The van der Waals surface area contributed by atoms with Gasteiger partial charge in [-0.25, -0.2) is 4.79 Å². The topological polar surface area (TPSA) is 87.7 Å². The minimum absolute atomic E-state index is 0.244. The SMILES string of the molecule is CNC(=O)Oc1ccc(C(=O)N2c3ccccc3NC(=O)[C@@H]2C)cc1. The van der Waals surface area contributed by atoms with Crippen LogP contribution in [0.25, 0.3) is 0 Å². The summed E-state index contributed by atoms with van der Waals surface area (Å²) in [6.45, 7) is 1.67. The molecule has 1 atom stereocenters. The molecule has 128 valence electrons. The minimum atomic E-state index is -0.635. The predicted molar refractivity (Wildman–Crippen MR) is 92.9 cm³/mol. The number of hydrogen-bond acceptors (Lipinski definition) is 4. The summed E-state index contributed by atoms with van der Waals surface area (Å²) in [6, 6.07) is 12.7. The molecule has 2 aromatic rings. The first-order chi connectivity index (χ1) is 12.0. The van der Waals surface area contributed by atoms with Crippen LogP contribution in [0.2, 0.25) is 0 Å². The van der Waals surface area contributed by atoms with Crippen LogP contribution in [0.1, 0.15) is 17.3 Å². The molecule has 2 N–H and O–H groups in total. The summed E-state index contributed by atoms with van der Waals surface area (Å²) >= 11 is 0. The highest BCUT2D eigenvalue weighted by molar-refractivity contribution is 6.16. The van der Waals surface area contributed by atoms with E-state index in [1.165, 1.54) is 24.1 Å². The molecule has 1 aliphatic rings. The van der Waals surface area contributed by atoms with Crippen molar-refractivity contribution in [2.75, 3.05) is 17.3 Å². The third-order valence-electron chi connectivity index (χ3n) is 3.92. The third kappa shape index (κ3) is 3.16. The smallest absolute Gasteiger partial charge is 0.410 e. The highest BCUT2D eigenvalue weighted by Crippen LogP contribution is 2.33. The molecular weight excluding hydrogens is 322 g/mol. The van der Waals surface area contributed by atoms with Crippen LogP contribution in [0.3, 0.4) is 0 Å². The maximum absolute atomic E-state index is 12.9. The molecule has 0 fully saturated rings. The van der Waals surface area contributed by atoms with Crippen LogP contribution < -0.4 is 20.3 Å². The lowest BCUT2D eigenvalue weighted by Crippen LogP contribution is -2.49. The molecule has 7 nitrogen and oxygen atoms in total. The molecule has 25 heavy (non-hydrogen) atoms. The number of fused-ring (bicyclic) bond motifs is 1. The Morgan fingerprint density at radius 2 is 1.80 bits per heavy atom. The second-order valence-electron chi connectivity index (χ2n) is 5.52. The predicted octanol–water partition coefficient (Wildman–Crippen LogP) is 2.39. The molecule has 1 aliphatic heterocycles. The van der Waals surface area contributed by atoms with Gasteiger partial charge in [0.25, 0.3) is 5.91 Å². The zero-order valence-corrected chi connectivity index (χ0v) is 13.8. The Hall–Kier alpha value is -3.35. The van der Waals surface area contributed by atoms with Crippen molar-refractivity contribution in [3.8, 4) is 5.75 Å². The van der Waals surface area contributed by atoms with Crippen LogP contribution in [-0.2, 0) is 4.79 Å². The lowest BCUT2D eigenvalue weighted by atomic mass is 10.1. The van der Waals surface area contributed by atoms with E-state index in [0.717, 1.165) is 0 Å². The molecule has 0 saturated carbocycles. The number of hydrogen-bond donors (Lipinski definition) is 2. The Labute approximate surface area is 144 Å². The Morgan fingerprint density at radius 1 is 1.12 bits per heavy atom. The van der Waals surface area contributed by atoms with Crippen LogP contribution >= 0.6 is 0 Å². The molecule has 0 bridgehead atoms. The molecule has 3 rings (SSSR count). The molecule has 0 unspecified atom stereocenters. The monoisotopic (exact) mass is 339 g/mol. The van der Waals surface area contributed by atoms with Crippen molar-refractivity contribution in [2.24, 2.45) is 0 Å². The molecule has 0 aliphatic carbocycles. The Kier molecular flexibility index (Phi) is 4.38. The van der Waals surface area contributed by atoms with Gasteiger partial charge in [0.2, 0.25) is 5.91 Å². The highest BCUT2D eigenvalue weighted by atomic mass is 16.5. The van der Waals surface area contributed by atoms with Crippen LogP contribution in [0.15, 0.2) is 48.5 Å². The lowest BCUT2D eigenvalue weighted by molar-refractivity contribution is -0.117. The lowest BCUT2D eigenvalue weighted by Gasteiger charge is -2.34. The quantitative estimate of drug-likeness (QED) is 0.879. The number of nitrogens with one attached hydrogen (secondary N) is 2. The van der Waals surface area contributed by atoms with Gasteiger partial charge in [-0.3, -0.25) is 14.5 Å². The first-order valence-corrected chi connectivity index (χ1v) is 7.74. The van der Waals surface area contributed by atoms with Crippen molar-refractivity contribution in [1.82, 2.24) is 5.32 Å². The van der Waals surface area contributed by atoms with Crippen molar-refractivity contribution in [1.29, 1.82) is 0 Å². The molecule has 0 saturated heterocycles. The average Bonchev–Trinajstić information content (AvgIpc) is 2.63. The van der Waals surface area contributed by atoms with Gasteiger partial charge in [0.15, 0.2) is 0 Å². The van der Waals surface area contributed by atoms with Crippen molar-refractivity contribution in [2.45, 2.75) is 13.0 Å². The number of anilines is 2. The fraction of sp³-hybridized carbons (Fsp3) is 0.167. The summed E-state index contributed by atoms with van der Waals surface area (Å²) in [7, 11) is 1.46. The van der Waals surface area contributed by atoms with Gasteiger partial charge in [0.1, 0.15) is 11.8 Å². The van der Waals surface area contributed by atoms with E-state index in [1.54, 1.807) is 37.3 Å². The Morgan fingerprint density at radius 3 is 2.48 bits per heavy atom. The van der Waals surface area contributed by atoms with Gasteiger partial charge in [-0.15, -0.1) is 0 Å². The largest absolute Gasteiger partial charge is 0.412 e. The first-order valence-electron chi connectivity index (χ1n) is 7.74. The van der Waals surface area contributed by atoms with Gasteiger partial charge in [-0.2, -0.15) is 0 Å². The minimum Gasteiger partial charge on any atom is -0.410 e. The normalized spacial score (nSPS) is 15.8. The number of ether oxygens (including phenoxy) is 1.